The van der Waals surface area contributed by atoms with Crippen LogP contribution in [0.2, 0.25) is 5.02 Å². The highest BCUT2D eigenvalue weighted by Crippen LogP contribution is 2.30. The first-order valence-electron chi connectivity index (χ1n) is 4.60. The fourth-order valence-corrected chi connectivity index (χ4v) is 1.63. The molecule has 15 heavy (non-hydrogen) atoms. The van der Waals surface area contributed by atoms with E-state index in [0.29, 0.717) is 17.2 Å². The summed E-state index contributed by atoms with van der Waals surface area (Å²) in [4.78, 5) is 10.5. The molecule has 0 spiro atoms. The molecule has 0 aliphatic heterocycles. The van der Waals surface area contributed by atoms with Gasteiger partial charge in [-0.15, -0.1) is 0 Å². The second-order valence-electron chi connectivity index (χ2n) is 3.27. The van der Waals surface area contributed by atoms with Gasteiger partial charge in [0.15, 0.2) is 0 Å². The molecule has 0 aliphatic carbocycles. The highest BCUT2D eigenvalue weighted by Gasteiger charge is 2.11. The molecule has 3 nitrogen and oxygen atoms in total. The highest BCUT2D eigenvalue weighted by molar-refractivity contribution is 6.32. The molecule has 0 fully saturated rings. The van der Waals surface area contributed by atoms with Crippen LogP contribution in [0.15, 0.2) is 12.1 Å². The van der Waals surface area contributed by atoms with Crippen LogP contribution in [0.25, 0.3) is 0 Å². The first kappa shape index (κ1) is 11.9. The molecule has 0 unspecified atom stereocenters. The fraction of sp³-hybridized carbons (Fsp3) is 0.364. The fourth-order valence-electron chi connectivity index (χ4n) is 1.38. The van der Waals surface area contributed by atoms with Gasteiger partial charge in [-0.2, -0.15) is 0 Å². The lowest BCUT2D eigenvalue weighted by Gasteiger charge is -2.11. The van der Waals surface area contributed by atoms with Gasteiger partial charge in [0.25, 0.3) is 0 Å². The minimum atomic E-state index is -0.838. The van der Waals surface area contributed by atoms with Crippen LogP contribution in [0.3, 0.4) is 0 Å². The largest absolute Gasteiger partial charge is 0.496 e. The summed E-state index contributed by atoms with van der Waals surface area (Å²) < 4.78 is 5.14. The number of aryl methyl sites for hydroxylation is 1. The lowest BCUT2D eigenvalue weighted by atomic mass is 10.1. The van der Waals surface area contributed by atoms with E-state index in [0.717, 1.165) is 11.1 Å². The number of carbonyl (C=O) groups is 1. The predicted molar refractivity (Wildman–Crippen MR) is 58.7 cm³/mol. The summed E-state index contributed by atoms with van der Waals surface area (Å²) in [6.07, 6.45) is 0.443. The molecule has 0 bridgehead atoms. The second-order valence-corrected chi connectivity index (χ2v) is 3.65. The number of benzene rings is 1. The Hall–Kier alpha value is -1.22. The maximum Gasteiger partial charge on any atom is 0.303 e. The van der Waals surface area contributed by atoms with Gasteiger partial charge in [-0.05, 0) is 25.0 Å². The van der Waals surface area contributed by atoms with Crippen LogP contribution in [0.5, 0.6) is 5.75 Å². The summed E-state index contributed by atoms with van der Waals surface area (Å²) in [5.41, 5.74) is 1.69. The van der Waals surface area contributed by atoms with Crippen molar-refractivity contribution in [3.8, 4) is 5.75 Å². The van der Waals surface area contributed by atoms with Crippen molar-refractivity contribution < 1.29 is 14.6 Å². The van der Waals surface area contributed by atoms with Gasteiger partial charge in [0.1, 0.15) is 5.75 Å². The number of carboxylic acids is 1. The maximum atomic E-state index is 10.5. The third kappa shape index (κ3) is 2.86. The van der Waals surface area contributed by atoms with Crippen LogP contribution >= 0.6 is 11.6 Å². The average molecular weight is 229 g/mol. The zero-order valence-electron chi connectivity index (χ0n) is 8.71. The summed E-state index contributed by atoms with van der Waals surface area (Å²) in [6.45, 7) is 1.88. The molecule has 0 amide bonds. The van der Waals surface area contributed by atoms with Gasteiger partial charge in [0.2, 0.25) is 0 Å². The Balaban J connectivity index is 3.01. The van der Waals surface area contributed by atoms with Crippen molar-refractivity contribution in [2.75, 3.05) is 7.11 Å². The maximum absolute atomic E-state index is 10.5. The van der Waals surface area contributed by atoms with Gasteiger partial charge >= 0.3 is 5.97 Å². The van der Waals surface area contributed by atoms with Crippen LogP contribution in [-0.2, 0) is 11.2 Å². The van der Waals surface area contributed by atoms with Crippen molar-refractivity contribution in [1.29, 1.82) is 0 Å². The predicted octanol–water partition coefficient (Wildman–Crippen LogP) is 2.67. The van der Waals surface area contributed by atoms with Crippen molar-refractivity contribution in [1.82, 2.24) is 0 Å². The number of hydrogen-bond donors (Lipinski definition) is 1. The van der Waals surface area contributed by atoms with E-state index >= 15 is 0 Å². The molecule has 0 atom stereocenters. The summed E-state index contributed by atoms with van der Waals surface area (Å²) in [5, 5.41) is 9.21. The van der Waals surface area contributed by atoms with E-state index in [1.165, 1.54) is 0 Å². The quantitative estimate of drug-likeness (QED) is 0.862. The minimum absolute atomic E-state index is 0.0551. The second kappa shape index (κ2) is 5.03. The number of halogens is 1. The third-order valence-corrected chi connectivity index (χ3v) is 2.73. The number of carboxylic acid groups (broad SMARTS) is 1. The standard InChI is InChI=1S/C11H13ClO3/c1-7-3-5-9(15-2)8(11(7)12)4-6-10(13)14/h3,5H,4,6H2,1-2H3,(H,13,14). The van der Waals surface area contributed by atoms with Gasteiger partial charge in [-0.3, -0.25) is 4.79 Å². The van der Waals surface area contributed by atoms with Crippen molar-refractivity contribution in [3.05, 3.63) is 28.3 Å². The van der Waals surface area contributed by atoms with Crippen molar-refractivity contribution in [2.45, 2.75) is 19.8 Å². The van der Waals surface area contributed by atoms with Crippen molar-refractivity contribution in [3.63, 3.8) is 0 Å². The SMILES string of the molecule is COc1ccc(C)c(Cl)c1CCC(=O)O. The van der Waals surface area contributed by atoms with Crippen LogP contribution in [0.4, 0.5) is 0 Å². The molecule has 1 N–H and O–H groups in total. The van der Waals surface area contributed by atoms with Crippen LogP contribution in [0, 0.1) is 6.92 Å². The van der Waals surface area contributed by atoms with Crippen LogP contribution in [-0.4, -0.2) is 18.2 Å². The molecular formula is C11H13ClO3. The number of ether oxygens (including phenoxy) is 1. The minimum Gasteiger partial charge on any atom is -0.496 e. The number of methoxy groups -OCH3 is 1. The van der Waals surface area contributed by atoms with E-state index in [2.05, 4.69) is 0 Å². The summed E-state index contributed by atoms with van der Waals surface area (Å²) in [6, 6.07) is 3.66. The zero-order valence-corrected chi connectivity index (χ0v) is 9.47. The summed E-state index contributed by atoms with van der Waals surface area (Å²) in [5.74, 6) is -0.193. The van der Waals surface area contributed by atoms with Crippen LogP contribution < -0.4 is 4.74 Å². The molecule has 0 heterocycles. The topological polar surface area (TPSA) is 46.5 Å². The molecule has 0 aliphatic rings. The first-order chi connectivity index (χ1) is 7.06. The first-order valence-corrected chi connectivity index (χ1v) is 4.97. The van der Waals surface area contributed by atoms with Crippen molar-refractivity contribution >= 4 is 17.6 Å². The Morgan fingerprint density at radius 2 is 2.20 bits per heavy atom. The van der Waals surface area contributed by atoms with Gasteiger partial charge in [-0.25, -0.2) is 0 Å². The Labute approximate surface area is 93.6 Å². The molecule has 1 rings (SSSR count). The van der Waals surface area contributed by atoms with E-state index in [4.69, 9.17) is 21.4 Å². The molecule has 0 saturated heterocycles. The highest BCUT2D eigenvalue weighted by atomic mass is 35.5. The van der Waals surface area contributed by atoms with E-state index < -0.39 is 5.97 Å². The normalized spacial score (nSPS) is 10.1. The zero-order chi connectivity index (χ0) is 11.4. The summed E-state index contributed by atoms with van der Waals surface area (Å²) >= 11 is 6.09. The molecule has 1 aromatic rings. The monoisotopic (exact) mass is 228 g/mol. The Bertz CT molecular complexity index is 374. The van der Waals surface area contributed by atoms with Crippen LogP contribution in [0.1, 0.15) is 17.5 Å². The smallest absolute Gasteiger partial charge is 0.303 e. The molecule has 82 valence electrons. The van der Waals surface area contributed by atoms with Gasteiger partial charge in [-0.1, -0.05) is 17.7 Å². The molecule has 0 aromatic heterocycles. The number of aliphatic carboxylic acids is 1. The lowest BCUT2D eigenvalue weighted by Crippen LogP contribution is -2.01. The molecule has 4 heteroatoms. The molecular weight excluding hydrogens is 216 g/mol. The van der Waals surface area contributed by atoms with Crippen molar-refractivity contribution in [2.24, 2.45) is 0 Å². The number of hydrogen-bond acceptors (Lipinski definition) is 2. The Kier molecular flexibility index (Phi) is 3.97. The van der Waals surface area contributed by atoms with E-state index in [1.54, 1.807) is 13.2 Å². The molecule has 1 aromatic carbocycles. The Morgan fingerprint density at radius 1 is 1.53 bits per heavy atom. The van der Waals surface area contributed by atoms with E-state index in [-0.39, 0.29) is 6.42 Å². The lowest BCUT2D eigenvalue weighted by molar-refractivity contribution is -0.136. The molecule has 0 radical (unpaired) electrons. The number of rotatable bonds is 4. The van der Waals surface area contributed by atoms with Gasteiger partial charge in [0.05, 0.1) is 12.1 Å². The van der Waals surface area contributed by atoms with E-state index in [9.17, 15) is 4.79 Å². The van der Waals surface area contributed by atoms with Gasteiger partial charge in [0, 0.05) is 12.0 Å². The summed E-state index contributed by atoms with van der Waals surface area (Å²) in [7, 11) is 1.55. The average Bonchev–Trinajstić information content (AvgIpc) is 2.20. The van der Waals surface area contributed by atoms with Gasteiger partial charge < -0.3 is 9.84 Å². The third-order valence-electron chi connectivity index (χ3n) is 2.20. The van der Waals surface area contributed by atoms with E-state index in [1.807, 2.05) is 13.0 Å². The molecule has 0 saturated carbocycles. The Morgan fingerprint density at radius 3 is 2.73 bits per heavy atom.